The highest BCUT2D eigenvalue weighted by Crippen LogP contribution is 2.32. The van der Waals surface area contributed by atoms with Crippen molar-refractivity contribution in [2.24, 2.45) is 0 Å². The molecule has 0 atom stereocenters. The third kappa shape index (κ3) is 11.1. The maximum absolute atomic E-state index is 14.3. The van der Waals surface area contributed by atoms with Crippen LogP contribution in [0, 0.1) is 47.5 Å². The summed E-state index contributed by atoms with van der Waals surface area (Å²) in [7, 11) is 7.49. The predicted octanol–water partition coefficient (Wildman–Crippen LogP) is 6.39. The maximum Gasteiger partial charge on any atom is 0.358 e. The van der Waals surface area contributed by atoms with Crippen LogP contribution in [-0.2, 0) is 9.47 Å². The van der Waals surface area contributed by atoms with Gasteiger partial charge in [-0.15, -0.1) is 6.42 Å². The van der Waals surface area contributed by atoms with Gasteiger partial charge in [0.25, 0.3) is 0 Å². The zero-order valence-electron chi connectivity index (χ0n) is 29.1. The van der Waals surface area contributed by atoms with E-state index in [0.29, 0.717) is 14.8 Å². The second-order valence-electron chi connectivity index (χ2n) is 9.12. The summed E-state index contributed by atoms with van der Waals surface area (Å²) in [5.41, 5.74) is -0.834. The molecule has 0 amide bonds. The molecule has 0 bridgehead atoms. The molecule has 0 N–H and O–H groups in total. The van der Waals surface area contributed by atoms with Crippen LogP contribution >= 0.6 is 39.5 Å². The summed E-state index contributed by atoms with van der Waals surface area (Å²) in [6.07, 6.45) is 11.3. The summed E-state index contributed by atoms with van der Waals surface area (Å²) in [6, 6.07) is 2.18. The van der Waals surface area contributed by atoms with Gasteiger partial charge in [-0.2, -0.15) is 0 Å². The van der Waals surface area contributed by atoms with Crippen molar-refractivity contribution in [3.63, 3.8) is 0 Å². The number of nitrogens with zero attached hydrogens (tertiary/aromatic N) is 4. The smallest absolute Gasteiger partial charge is 0.358 e. The van der Waals surface area contributed by atoms with Gasteiger partial charge in [0.15, 0.2) is 68.0 Å². The van der Waals surface area contributed by atoms with E-state index in [1.54, 1.807) is 6.26 Å². The Labute approximate surface area is 318 Å². The van der Waals surface area contributed by atoms with Crippen LogP contribution < -0.4 is 18.9 Å². The first kappa shape index (κ1) is 43.9. The van der Waals surface area contributed by atoms with E-state index in [2.05, 4.69) is 66.7 Å². The quantitative estimate of drug-likeness (QED) is 0.0636. The molecule has 4 rings (SSSR count). The minimum Gasteiger partial charge on any atom is -0.493 e. The van der Waals surface area contributed by atoms with E-state index in [-0.39, 0.29) is 39.9 Å². The second-order valence-corrected chi connectivity index (χ2v) is 11.5. The number of halogens is 5. The first-order valence-corrected chi connectivity index (χ1v) is 17.4. The number of benzene rings is 2. The third-order valence-electron chi connectivity index (χ3n) is 6.23. The molecule has 0 saturated carbocycles. The third-order valence-corrected chi connectivity index (χ3v) is 7.93. The molecule has 280 valence electrons. The van der Waals surface area contributed by atoms with Crippen molar-refractivity contribution in [3.05, 3.63) is 80.3 Å². The Bertz CT molecular complexity index is 2020. The van der Waals surface area contributed by atoms with Gasteiger partial charge in [0.1, 0.15) is 11.1 Å². The number of esters is 2. The molecule has 4 aromatic rings. The van der Waals surface area contributed by atoms with Crippen LogP contribution in [0.25, 0.3) is 0 Å². The number of carbonyl (C=O) groups is 2. The number of aromatic nitrogens is 4. The predicted molar refractivity (Wildman–Crippen MR) is 191 cm³/mol. The SMILES string of the molecule is C#Cc1c(F)c(OC)cc(OC)c1F.COC(=O)c1nc(SC)ncc1Br.COC(=O)c1nc(SC)ncc1C#Cc1c(F)c(OC)cc(OC)c1F. The molecule has 2 aromatic carbocycles. The van der Waals surface area contributed by atoms with Gasteiger partial charge in [0.05, 0.1) is 52.7 Å². The summed E-state index contributed by atoms with van der Waals surface area (Å²) in [5.74, 6) is 1.05. The highest BCUT2D eigenvalue weighted by Gasteiger charge is 2.20. The Balaban J connectivity index is 0.000000303. The molecule has 0 unspecified atom stereocenters. The summed E-state index contributed by atoms with van der Waals surface area (Å²) in [4.78, 5) is 39.0. The fourth-order valence-electron chi connectivity index (χ4n) is 3.63. The van der Waals surface area contributed by atoms with Gasteiger partial charge in [-0.3, -0.25) is 0 Å². The van der Waals surface area contributed by atoms with E-state index >= 15 is 0 Å². The van der Waals surface area contributed by atoms with Crippen LogP contribution in [0.1, 0.15) is 37.7 Å². The van der Waals surface area contributed by atoms with Crippen LogP contribution in [0.3, 0.4) is 0 Å². The number of thioether (sulfide) groups is 2. The molecule has 0 aliphatic heterocycles. The standard InChI is InChI=1S/C17H14F2N2O4S.C10H8F2O2.C7H7BrN2O2S/c1-23-11-7-12(24-2)14(19)10(13(11)18)6-5-9-8-20-17(26-4)21-15(9)16(22)25-3;1-4-6-9(11)7(13-2)5-8(14-3)10(6)12;1-12-6(11)5-4(8)3-9-7(10-5)13-2/h7-8H,1-4H3;1,5H,2-3H3;3H,1-2H3. The first-order chi connectivity index (χ1) is 25.3. The van der Waals surface area contributed by atoms with Gasteiger partial charge >= 0.3 is 11.9 Å². The molecule has 19 heteroatoms. The topological polar surface area (TPSA) is 141 Å². The zero-order chi connectivity index (χ0) is 39.8. The van der Waals surface area contributed by atoms with Crippen molar-refractivity contribution < 1.29 is 55.6 Å². The van der Waals surface area contributed by atoms with Crippen LogP contribution in [0.2, 0.25) is 0 Å². The molecule has 2 aromatic heterocycles. The van der Waals surface area contributed by atoms with E-state index in [0.717, 1.165) is 12.1 Å². The van der Waals surface area contributed by atoms with Gasteiger partial charge in [0, 0.05) is 24.5 Å². The number of methoxy groups -OCH3 is 6. The lowest BCUT2D eigenvalue weighted by molar-refractivity contribution is 0.0583. The number of hydrogen-bond donors (Lipinski definition) is 0. The monoisotopic (exact) mass is 840 g/mol. The van der Waals surface area contributed by atoms with Crippen molar-refractivity contribution in [1.29, 1.82) is 0 Å². The molecular formula is C34H29BrF4N4O8S2. The highest BCUT2D eigenvalue weighted by molar-refractivity contribution is 9.10. The van der Waals surface area contributed by atoms with E-state index in [4.69, 9.17) is 15.9 Å². The largest absolute Gasteiger partial charge is 0.493 e. The number of carbonyl (C=O) groups excluding carboxylic acids is 2. The van der Waals surface area contributed by atoms with Gasteiger partial charge in [-0.1, -0.05) is 41.3 Å². The Morgan fingerprint density at radius 2 is 1.06 bits per heavy atom. The lowest BCUT2D eigenvalue weighted by Crippen LogP contribution is -2.09. The van der Waals surface area contributed by atoms with Crippen LogP contribution in [0.4, 0.5) is 17.6 Å². The molecule has 0 radical (unpaired) electrons. The van der Waals surface area contributed by atoms with Crippen molar-refractivity contribution in [2.75, 3.05) is 55.2 Å². The maximum atomic E-state index is 14.3. The highest BCUT2D eigenvalue weighted by atomic mass is 79.9. The van der Waals surface area contributed by atoms with Crippen LogP contribution in [0.5, 0.6) is 23.0 Å². The van der Waals surface area contributed by atoms with Crippen molar-refractivity contribution in [3.8, 4) is 47.2 Å². The number of terminal acetylenes is 1. The Kier molecular flexibility index (Phi) is 17.7. The van der Waals surface area contributed by atoms with Crippen molar-refractivity contribution in [2.45, 2.75) is 10.3 Å². The minimum atomic E-state index is -0.987. The summed E-state index contributed by atoms with van der Waals surface area (Å²) >= 11 is 5.75. The molecule has 0 aliphatic rings. The first-order valence-electron chi connectivity index (χ1n) is 14.1. The zero-order valence-corrected chi connectivity index (χ0v) is 32.4. The van der Waals surface area contributed by atoms with Crippen LogP contribution in [0.15, 0.2) is 39.3 Å². The number of rotatable bonds is 8. The molecule has 0 spiro atoms. The molecule has 12 nitrogen and oxygen atoms in total. The Hall–Kier alpha value is -5.24. The normalized spacial score (nSPS) is 9.74. The van der Waals surface area contributed by atoms with Crippen molar-refractivity contribution >= 4 is 51.4 Å². The fourth-order valence-corrected chi connectivity index (χ4v) is 4.67. The number of hydrogen-bond acceptors (Lipinski definition) is 14. The summed E-state index contributed by atoms with van der Waals surface area (Å²) < 4.78 is 84.1. The van der Waals surface area contributed by atoms with E-state index in [1.165, 1.54) is 78.6 Å². The fraction of sp³-hybridized carbons (Fsp3) is 0.235. The average molecular weight is 842 g/mol. The second kappa shape index (κ2) is 21.3. The Morgan fingerprint density at radius 3 is 1.45 bits per heavy atom. The van der Waals surface area contributed by atoms with E-state index in [9.17, 15) is 27.2 Å². The number of ether oxygens (including phenoxy) is 6. The van der Waals surface area contributed by atoms with Crippen molar-refractivity contribution in [1.82, 2.24) is 19.9 Å². The van der Waals surface area contributed by atoms with Gasteiger partial charge in [-0.25, -0.2) is 47.1 Å². The minimum absolute atomic E-state index is 0.0650. The summed E-state index contributed by atoms with van der Waals surface area (Å²) in [6.45, 7) is 0. The molecule has 0 aliphatic carbocycles. The molecule has 0 fully saturated rings. The molecule has 2 heterocycles. The van der Waals surface area contributed by atoms with Gasteiger partial charge in [-0.05, 0) is 28.4 Å². The molecular weight excluding hydrogens is 812 g/mol. The van der Waals surface area contributed by atoms with Crippen LogP contribution in [-0.4, -0.2) is 87.0 Å². The van der Waals surface area contributed by atoms with E-state index < -0.39 is 46.3 Å². The lowest BCUT2D eigenvalue weighted by Gasteiger charge is -2.09. The molecule has 53 heavy (non-hydrogen) atoms. The molecule has 0 saturated heterocycles. The average Bonchev–Trinajstić information content (AvgIpc) is 3.18. The lowest BCUT2D eigenvalue weighted by atomic mass is 10.1. The van der Waals surface area contributed by atoms with E-state index in [1.807, 2.05) is 12.2 Å². The van der Waals surface area contributed by atoms with Gasteiger partial charge < -0.3 is 28.4 Å². The Morgan fingerprint density at radius 1 is 0.660 bits per heavy atom. The van der Waals surface area contributed by atoms with Gasteiger partial charge in [0.2, 0.25) is 0 Å². The summed E-state index contributed by atoms with van der Waals surface area (Å²) in [5, 5.41) is 0.875.